The highest BCUT2D eigenvalue weighted by molar-refractivity contribution is 7.98. The molecule has 0 saturated heterocycles. The minimum Gasteiger partial charge on any atom is -0.268 e. The van der Waals surface area contributed by atoms with Crippen molar-refractivity contribution in [2.45, 2.75) is 24.8 Å². The molecular formula is C23H18ClFN2OS. The molecule has 0 amide bonds. The summed E-state index contributed by atoms with van der Waals surface area (Å²) in [5.74, 6) is -0.104. The van der Waals surface area contributed by atoms with Crippen LogP contribution in [0.15, 0.2) is 70.6 Å². The van der Waals surface area contributed by atoms with Gasteiger partial charge < -0.3 is 0 Å². The van der Waals surface area contributed by atoms with Gasteiger partial charge in [-0.25, -0.2) is 9.37 Å². The number of nitrogens with zero attached hydrogens (tertiary/aromatic N) is 2. The van der Waals surface area contributed by atoms with E-state index in [1.807, 2.05) is 50.2 Å². The number of hydrogen-bond acceptors (Lipinski definition) is 3. The van der Waals surface area contributed by atoms with Crippen molar-refractivity contribution in [3.05, 3.63) is 98.5 Å². The lowest BCUT2D eigenvalue weighted by atomic mass is 10.1. The number of fused-ring (bicyclic) bond motifs is 1. The standard InChI is InChI=1S/C23H18ClFN2OS/c1-14-7-5-12-21(15(14)2)27-22(28)16-8-3-4-11-20(16)26-23(27)29-13-17-18(24)9-6-10-19(17)25/h3-12H,13H2,1-2H3. The summed E-state index contributed by atoms with van der Waals surface area (Å²) in [5, 5.41) is 1.40. The Morgan fingerprint density at radius 3 is 2.59 bits per heavy atom. The predicted octanol–water partition coefficient (Wildman–Crippen LogP) is 6.09. The van der Waals surface area contributed by atoms with Gasteiger partial charge in [0.1, 0.15) is 5.82 Å². The summed E-state index contributed by atoms with van der Waals surface area (Å²) in [4.78, 5) is 18.1. The molecule has 0 unspecified atom stereocenters. The van der Waals surface area contributed by atoms with Gasteiger partial charge in [0.2, 0.25) is 0 Å². The minimum atomic E-state index is -0.369. The Balaban J connectivity index is 1.90. The lowest BCUT2D eigenvalue weighted by Gasteiger charge is -2.16. The number of benzene rings is 3. The molecule has 29 heavy (non-hydrogen) atoms. The molecule has 0 atom stereocenters. The SMILES string of the molecule is Cc1cccc(-n2c(SCc3c(F)cccc3Cl)nc3ccccc3c2=O)c1C. The molecule has 3 aromatic carbocycles. The first kappa shape index (κ1) is 19.7. The zero-order valence-electron chi connectivity index (χ0n) is 15.9. The number of aryl methyl sites for hydroxylation is 1. The molecule has 0 radical (unpaired) electrons. The summed E-state index contributed by atoms with van der Waals surface area (Å²) in [5.41, 5.74) is 3.71. The first-order valence-corrected chi connectivity index (χ1v) is 10.5. The highest BCUT2D eigenvalue weighted by atomic mass is 35.5. The molecule has 0 bridgehead atoms. The Hall–Kier alpha value is -2.63. The Bertz CT molecular complexity index is 1270. The topological polar surface area (TPSA) is 34.9 Å². The van der Waals surface area contributed by atoms with Crippen LogP contribution in [0.2, 0.25) is 5.02 Å². The zero-order valence-corrected chi connectivity index (χ0v) is 17.5. The Kier molecular flexibility index (Phi) is 5.43. The van der Waals surface area contributed by atoms with E-state index in [2.05, 4.69) is 0 Å². The van der Waals surface area contributed by atoms with Crippen LogP contribution in [-0.2, 0) is 5.75 Å². The van der Waals surface area contributed by atoms with Gasteiger partial charge in [-0.2, -0.15) is 0 Å². The van der Waals surface area contributed by atoms with Gasteiger partial charge in [0.05, 0.1) is 16.6 Å². The zero-order chi connectivity index (χ0) is 20.5. The molecule has 4 aromatic rings. The second-order valence-electron chi connectivity index (χ2n) is 6.76. The van der Waals surface area contributed by atoms with Crippen LogP contribution in [0, 0.1) is 19.7 Å². The molecule has 3 nitrogen and oxygen atoms in total. The highest BCUT2D eigenvalue weighted by Crippen LogP contribution is 2.30. The Labute approximate surface area is 177 Å². The van der Waals surface area contributed by atoms with Crippen LogP contribution in [0.25, 0.3) is 16.6 Å². The lowest BCUT2D eigenvalue weighted by Crippen LogP contribution is -2.22. The van der Waals surface area contributed by atoms with Crippen LogP contribution in [0.5, 0.6) is 0 Å². The Morgan fingerprint density at radius 2 is 1.79 bits per heavy atom. The number of halogens is 2. The third kappa shape index (κ3) is 3.68. The summed E-state index contributed by atoms with van der Waals surface area (Å²) in [7, 11) is 0. The van der Waals surface area contributed by atoms with Crippen molar-refractivity contribution >= 4 is 34.3 Å². The normalized spacial score (nSPS) is 11.2. The lowest BCUT2D eigenvalue weighted by molar-refractivity contribution is 0.617. The van der Waals surface area contributed by atoms with Gasteiger partial charge >= 0.3 is 0 Å². The number of para-hydroxylation sites is 1. The van der Waals surface area contributed by atoms with E-state index in [1.54, 1.807) is 22.8 Å². The van der Waals surface area contributed by atoms with Gasteiger partial charge in [-0.1, -0.05) is 53.7 Å². The smallest absolute Gasteiger partial charge is 0.266 e. The van der Waals surface area contributed by atoms with Crippen molar-refractivity contribution in [2.24, 2.45) is 0 Å². The quantitative estimate of drug-likeness (QED) is 0.294. The van der Waals surface area contributed by atoms with Gasteiger partial charge in [0, 0.05) is 16.3 Å². The number of thioether (sulfide) groups is 1. The molecule has 0 fully saturated rings. The number of rotatable bonds is 4. The maximum absolute atomic E-state index is 14.2. The summed E-state index contributed by atoms with van der Waals surface area (Å²) >= 11 is 7.48. The fourth-order valence-corrected chi connectivity index (χ4v) is 4.56. The van der Waals surface area contributed by atoms with Crippen LogP contribution in [0.1, 0.15) is 16.7 Å². The Morgan fingerprint density at radius 1 is 1.03 bits per heavy atom. The molecule has 1 aromatic heterocycles. The van der Waals surface area contributed by atoms with Gasteiger partial charge in [0.15, 0.2) is 5.16 Å². The van der Waals surface area contributed by atoms with Crippen LogP contribution in [0.4, 0.5) is 4.39 Å². The van der Waals surface area contributed by atoms with Crippen molar-refractivity contribution in [3.8, 4) is 5.69 Å². The van der Waals surface area contributed by atoms with Crippen molar-refractivity contribution < 1.29 is 4.39 Å². The van der Waals surface area contributed by atoms with E-state index in [-0.39, 0.29) is 17.1 Å². The number of aromatic nitrogens is 2. The molecular weight excluding hydrogens is 407 g/mol. The molecule has 6 heteroatoms. The first-order valence-electron chi connectivity index (χ1n) is 9.11. The van der Waals surface area contributed by atoms with Crippen LogP contribution in [0.3, 0.4) is 0 Å². The summed E-state index contributed by atoms with van der Waals surface area (Å²) in [6.07, 6.45) is 0. The summed E-state index contributed by atoms with van der Waals surface area (Å²) in [6, 6.07) is 17.7. The maximum Gasteiger partial charge on any atom is 0.266 e. The van der Waals surface area contributed by atoms with Crippen LogP contribution < -0.4 is 5.56 Å². The average molecular weight is 425 g/mol. The van der Waals surface area contributed by atoms with E-state index in [4.69, 9.17) is 16.6 Å². The predicted molar refractivity (Wildman–Crippen MR) is 118 cm³/mol. The van der Waals surface area contributed by atoms with Crippen molar-refractivity contribution in [2.75, 3.05) is 0 Å². The van der Waals surface area contributed by atoms with Gasteiger partial charge in [-0.15, -0.1) is 0 Å². The fraction of sp³-hybridized carbons (Fsp3) is 0.130. The van der Waals surface area contributed by atoms with E-state index in [9.17, 15) is 9.18 Å². The maximum atomic E-state index is 14.2. The summed E-state index contributed by atoms with van der Waals surface area (Å²) < 4.78 is 15.9. The van der Waals surface area contributed by atoms with E-state index >= 15 is 0 Å². The first-order chi connectivity index (χ1) is 14.0. The summed E-state index contributed by atoms with van der Waals surface area (Å²) in [6.45, 7) is 3.98. The van der Waals surface area contributed by atoms with Crippen molar-refractivity contribution in [1.29, 1.82) is 0 Å². The highest BCUT2D eigenvalue weighted by Gasteiger charge is 2.17. The minimum absolute atomic E-state index is 0.147. The van der Waals surface area contributed by atoms with Crippen molar-refractivity contribution in [1.82, 2.24) is 9.55 Å². The molecule has 0 aliphatic heterocycles. The molecule has 4 rings (SSSR count). The van der Waals surface area contributed by atoms with Gasteiger partial charge in [0.25, 0.3) is 5.56 Å². The van der Waals surface area contributed by atoms with Gasteiger partial charge in [-0.3, -0.25) is 9.36 Å². The number of hydrogen-bond donors (Lipinski definition) is 0. The second-order valence-corrected chi connectivity index (χ2v) is 8.11. The van der Waals surface area contributed by atoms with Crippen LogP contribution >= 0.6 is 23.4 Å². The largest absolute Gasteiger partial charge is 0.268 e. The molecule has 0 N–H and O–H groups in total. The molecule has 0 saturated carbocycles. The third-order valence-corrected chi connectivity index (χ3v) is 6.29. The monoisotopic (exact) mass is 424 g/mol. The molecule has 1 heterocycles. The molecule has 0 spiro atoms. The van der Waals surface area contributed by atoms with Crippen LogP contribution in [-0.4, -0.2) is 9.55 Å². The molecule has 0 aliphatic rings. The molecule has 0 aliphatic carbocycles. The second kappa shape index (κ2) is 8.01. The third-order valence-electron chi connectivity index (χ3n) is 4.97. The van der Waals surface area contributed by atoms with E-state index in [0.29, 0.717) is 26.6 Å². The average Bonchev–Trinajstić information content (AvgIpc) is 2.70. The molecule has 146 valence electrons. The van der Waals surface area contributed by atoms with Crippen molar-refractivity contribution in [3.63, 3.8) is 0 Å². The van der Waals surface area contributed by atoms with Gasteiger partial charge in [-0.05, 0) is 55.3 Å². The van der Waals surface area contributed by atoms with E-state index < -0.39 is 0 Å². The van der Waals surface area contributed by atoms with E-state index in [0.717, 1.165) is 16.8 Å². The fourth-order valence-electron chi connectivity index (χ4n) is 3.21. The van der Waals surface area contributed by atoms with E-state index in [1.165, 1.54) is 17.8 Å².